The second-order valence-corrected chi connectivity index (χ2v) is 4.52. The maximum absolute atomic E-state index is 4.46. The molecule has 0 aliphatic heterocycles. The second kappa shape index (κ2) is 7.61. The van der Waals surface area contributed by atoms with Crippen molar-refractivity contribution >= 4 is 29.9 Å². The molecular weight excluding hydrogens is 337 g/mol. The maximum atomic E-state index is 4.46. The van der Waals surface area contributed by atoms with Gasteiger partial charge in [0.15, 0.2) is 5.96 Å². The predicted octanol–water partition coefficient (Wildman–Crippen LogP) is 3.08. The summed E-state index contributed by atoms with van der Waals surface area (Å²) in [6, 6.07) is 11.4. The van der Waals surface area contributed by atoms with Gasteiger partial charge in [-0.2, -0.15) is 0 Å². The van der Waals surface area contributed by atoms with Gasteiger partial charge in [0.1, 0.15) is 0 Å². The van der Waals surface area contributed by atoms with Crippen LogP contribution in [-0.2, 0) is 0 Å². The number of halogens is 1. The molecule has 18 heavy (non-hydrogen) atoms. The molecule has 1 aromatic carbocycles. The number of benzene rings is 1. The third kappa shape index (κ3) is 4.84. The Morgan fingerprint density at radius 2 is 2.00 bits per heavy atom. The molecule has 0 saturated heterocycles. The average molecular weight is 359 g/mol. The van der Waals surface area contributed by atoms with E-state index < -0.39 is 0 Å². The van der Waals surface area contributed by atoms with Crippen LogP contribution in [0.25, 0.3) is 0 Å². The fourth-order valence-electron chi connectivity index (χ4n) is 1.74. The Bertz CT molecular complexity index is 374. The molecule has 0 radical (unpaired) electrons. The lowest BCUT2D eigenvalue weighted by molar-refractivity contribution is 0.682. The Labute approximate surface area is 126 Å². The maximum Gasteiger partial charge on any atom is 0.191 e. The van der Waals surface area contributed by atoms with Crippen molar-refractivity contribution in [2.75, 3.05) is 6.54 Å². The van der Waals surface area contributed by atoms with Crippen LogP contribution < -0.4 is 10.6 Å². The summed E-state index contributed by atoms with van der Waals surface area (Å²) in [7, 11) is 0. The Balaban J connectivity index is 0.00000162. The molecule has 2 rings (SSSR count). The number of hydrogen-bond donors (Lipinski definition) is 2. The SMILES string of the molecule is CCN=C(NC1CC1)NC(C)c1ccccc1.I. The fraction of sp³-hybridized carbons (Fsp3) is 0.500. The van der Waals surface area contributed by atoms with Crippen molar-refractivity contribution in [3.63, 3.8) is 0 Å². The smallest absolute Gasteiger partial charge is 0.191 e. The molecule has 1 unspecified atom stereocenters. The third-order valence-electron chi connectivity index (χ3n) is 2.89. The molecule has 1 saturated carbocycles. The van der Waals surface area contributed by atoms with E-state index in [1.165, 1.54) is 18.4 Å². The number of rotatable bonds is 4. The van der Waals surface area contributed by atoms with Gasteiger partial charge in [-0.05, 0) is 32.3 Å². The van der Waals surface area contributed by atoms with Crippen molar-refractivity contribution in [2.24, 2.45) is 4.99 Å². The molecule has 1 aromatic rings. The van der Waals surface area contributed by atoms with Crippen LogP contribution in [0.2, 0.25) is 0 Å². The highest BCUT2D eigenvalue weighted by Crippen LogP contribution is 2.19. The number of nitrogens with one attached hydrogen (secondary N) is 2. The van der Waals surface area contributed by atoms with Gasteiger partial charge in [-0.15, -0.1) is 24.0 Å². The summed E-state index contributed by atoms with van der Waals surface area (Å²) in [6.45, 7) is 5.03. The second-order valence-electron chi connectivity index (χ2n) is 4.52. The molecule has 1 aliphatic carbocycles. The van der Waals surface area contributed by atoms with E-state index in [2.05, 4.69) is 53.7 Å². The summed E-state index contributed by atoms with van der Waals surface area (Å²) >= 11 is 0. The Morgan fingerprint density at radius 1 is 1.33 bits per heavy atom. The van der Waals surface area contributed by atoms with E-state index in [-0.39, 0.29) is 30.0 Å². The van der Waals surface area contributed by atoms with E-state index >= 15 is 0 Å². The van der Waals surface area contributed by atoms with Gasteiger partial charge in [0.2, 0.25) is 0 Å². The molecule has 1 aliphatic rings. The fourth-order valence-corrected chi connectivity index (χ4v) is 1.74. The first-order valence-electron chi connectivity index (χ1n) is 6.42. The monoisotopic (exact) mass is 359 g/mol. The summed E-state index contributed by atoms with van der Waals surface area (Å²) in [5.41, 5.74) is 1.29. The molecule has 1 atom stereocenters. The van der Waals surface area contributed by atoms with Crippen LogP contribution in [0.15, 0.2) is 35.3 Å². The quantitative estimate of drug-likeness (QED) is 0.493. The highest BCUT2D eigenvalue weighted by Gasteiger charge is 2.22. The summed E-state index contributed by atoms with van der Waals surface area (Å²) in [5.74, 6) is 0.936. The zero-order valence-corrected chi connectivity index (χ0v) is 13.3. The van der Waals surface area contributed by atoms with Crippen LogP contribution in [0.1, 0.15) is 38.3 Å². The molecule has 2 N–H and O–H groups in total. The normalized spacial score (nSPS) is 16.7. The number of guanidine groups is 1. The summed E-state index contributed by atoms with van der Waals surface area (Å²) in [6.07, 6.45) is 2.54. The highest BCUT2D eigenvalue weighted by atomic mass is 127. The number of nitrogens with zero attached hydrogens (tertiary/aromatic N) is 1. The molecule has 0 amide bonds. The Hall–Kier alpha value is -0.780. The van der Waals surface area contributed by atoms with E-state index in [0.29, 0.717) is 6.04 Å². The van der Waals surface area contributed by atoms with Crippen LogP contribution in [0.5, 0.6) is 0 Å². The molecule has 100 valence electrons. The lowest BCUT2D eigenvalue weighted by Gasteiger charge is -2.18. The summed E-state index contributed by atoms with van der Waals surface area (Å²) in [5, 5.41) is 6.88. The summed E-state index contributed by atoms with van der Waals surface area (Å²) < 4.78 is 0. The van der Waals surface area contributed by atoms with E-state index in [1.54, 1.807) is 0 Å². The van der Waals surface area contributed by atoms with Crippen LogP contribution in [-0.4, -0.2) is 18.5 Å². The first kappa shape index (κ1) is 15.3. The molecule has 0 aromatic heterocycles. The lowest BCUT2D eigenvalue weighted by Crippen LogP contribution is -2.40. The molecular formula is C14H22IN3. The predicted molar refractivity (Wildman–Crippen MR) is 87.5 cm³/mol. The standard InChI is InChI=1S/C14H21N3.HI/c1-3-15-14(17-13-9-10-13)16-11(2)12-7-5-4-6-8-12;/h4-8,11,13H,3,9-10H2,1-2H3,(H2,15,16,17);1H. The Morgan fingerprint density at radius 3 is 2.56 bits per heavy atom. The van der Waals surface area contributed by atoms with Crippen LogP contribution >= 0.6 is 24.0 Å². The minimum absolute atomic E-state index is 0. The molecule has 4 heteroatoms. The van der Waals surface area contributed by atoms with Crippen molar-refractivity contribution in [1.29, 1.82) is 0 Å². The zero-order chi connectivity index (χ0) is 12.1. The number of hydrogen-bond acceptors (Lipinski definition) is 1. The molecule has 0 heterocycles. The third-order valence-corrected chi connectivity index (χ3v) is 2.89. The van der Waals surface area contributed by atoms with Gasteiger partial charge in [-0.3, -0.25) is 4.99 Å². The van der Waals surface area contributed by atoms with E-state index in [4.69, 9.17) is 0 Å². The van der Waals surface area contributed by atoms with Crippen molar-refractivity contribution in [1.82, 2.24) is 10.6 Å². The Kier molecular flexibility index (Phi) is 6.46. The van der Waals surface area contributed by atoms with Crippen molar-refractivity contribution < 1.29 is 0 Å². The van der Waals surface area contributed by atoms with Gasteiger partial charge in [0.25, 0.3) is 0 Å². The van der Waals surface area contributed by atoms with E-state index in [1.807, 2.05) is 6.07 Å². The largest absolute Gasteiger partial charge is 0.354 e. The van der Waals surface area contributed by atoms with Gasteiger partial charge < -0.3 is 10.6 Å². The van der Waals surface area contributed by atoms with Crippen molar-refractivity contribution in [3.05, 3.63) is 35.9 Å². The van der Waals surface area contributed by atoms with E-state index in [0.717, 1.165) is 12.5 Å². The molecule has 1 fully saturated rings. The minimum atomic E-state index is 0. The molecule has 3 nitrogen and oxygen atoms in total. The molecule has 0 bridgehead atoms. The van der Waals surface area contributed by atoms with Crippen LogP contribution in [0, 0.1) is 0 Å². The topological polar surface area (TPSA) is 36.4 Å². The van der Waals surface area contributed by atoms with Crippen LogP contribution in [0.3, 0.4) is 0 Å². The average Bonchev–Trinajstić information content (AvgIpc) is 3.14. The highest BCUT2D eigenvalue weighted by molar-refractivity contribution is 14.0. The zero-order valence-electron chi connectivity index (χ0n) is 11.0. The lowest BCUT2D eigenvalue weighted by atomic mass is 10.1. The van der Waals surface area contributed by atoms with Gasteiger partial charge in [-0.25, -0.2) is 0 Å². The van der Waals surface area contributed by atoms with Gasteiger partial charge in [0.05, 0.1) is 6.04 Å². The minimum Gasteiger partial charge on any atom is -0.354 e. The van der Waals surface area contributed by atoms with Crippen molar-refractivity contribution in [2.45, 2.75) is 38.8 Å². The summed E-state index contributed by atoms with van der Waals surface area (Å²) in [4.78, 5) is 4.46. The first-order chi connectivity index (χ1) is 8.29. The first-order valence-corrected chi connectivity index (χ1v) is 6.42. The van der Waals surface area contributed by atoms with Gasteiger partial charge in [0, 0.05) is 12.6 Å². The van der Waals surface area contributed by atoms with Crippen molar-refractivity contribution in [3.8, 4) is 0 Å². The van der Waals surface area contributed by atoms with Gasteiger partial charge >= 0.3 is 0 Å². The van der Waals surface area contributed by atoms with E-state index in [9.17, 15) is 0 Å². The van der Waals surface area contributed by atoms with Gasteiger partial charge in [-0.1, -0.05) is 30.3 Å². The number of aliphatic imine (C=N–C) groups is 1. The molecule has 0 spiro atoms. The van der Waals surface area contributed by atoms with Crippen LogP contribution in [0.4, 0.5) is 0 Å².